The number of carbonyl (C=O) groups excluding carboxylic acids is 1. The Kier molecular flexibility index (Phi) is 11.3. The Morgan fingerprint density at radius 1 is 1.50 bits per heavy atom. The number of hydrogen-bond acceptors (Lipinski definition) is 4. The summed E-state index contributed by atoms with van der Waals surface area (Å²) in [6.45, 7) is 3.94. The van der Waals surface area contributed by atoms with Crippen LogP contribution in [0.5, 0.6) is 0 Å². The van der Waals surface area contributed by atoms with Crippen LogP contribution in [0.15, 0.2) is 0 Å². The first-order valence-corrected chi connectivity index (χ1v) is 4.58. The van der Waals surface area contributed by atoms with Crippen molar-refractivity contribution in [1.29, 1.82) is 0 Å². The molecule has 0 aromatic rings. The molecule has 1 unspecified atom stereocenters. The van der Waals surface area contributed by atoms with Crippen molar-refractivity contribution in [3.05, 3.63) is 0 Å². The van der Waals surface area contributed by atoms with E-state index in [1.54, 1.807) is 14.0 Å². The van der Waals surface area contributed by atoms with E-state index < -0.39 is 12.0 Å². The Labute approximate surface area is 84.7 Å². The van der Waals surface area contributed by atoms with Crippen molar-refractivity contribution >= 4 is 11.8 Å². The molecule has 0 aliphatic rings. The highest BCUT2D eigenvalue weighted by Gasteiger charge is 2.07. The maximum absolute atomic E-state index is 9.98. The molecule has 5 nitrogen and oxygen atoms in total. The molecule has 0 rings (SSSR count). The third-order valence-corrected chi connectivity index (χ3v) is 1.34. The Hall–Kier alpha value is -0.940. The molecule has 0 heterocycles. The van der Waals surface area contributed by atoms with E-state index in [0.717, 1.165) is 6.42 Å². The normalized spacial score (nSPS) is 11.1. The van der Waals surface area contributed by atoms with Crippen LogP contribution >= 0.6 is 0 Å². The van der Waals surface area contributed by atoms with Crippen molar-refractivity contribution in [2.75, 3.05) is 13.6 Å². The molecule has 0 aromatic carbocycles. The summed E-state index contributed by atoms with van der Waals surface area (Å²) >= 11 is 0. The summed E-state index contributed by atoms with van der Waals surface area (Å²) in [5, 5.41) is 10.9. The van der Waals surface area contributed by atoms with Crippen molar-refractivity contribution in [2.24, 2.45) is 5.73 Å². The van der Waals surface area contributed by atoms with E-state index in [4.69, 9.17) is 10.8 Å². The second-order valence-electron chi connectivity index (χ2n) is 2.97. The van der Waals surface area contributed by atoms with Crippen molar-refractivity contribution in [1.82, 2.24) is 5.32 Å². The van der Waals surface area contributed by atoms with Crippen LogP contribution in [0.25, 0.3) is 0 Å². The average molecular weight is 204 g/mol. The lowest BCUT2D eigenvalue weighted by Gasteiger charge is -2.00. The Morgan fingerprint density at radius 2 is 2.00 bits per heavy atom. The summed E-state index contributed by atoms with van der Waals surface area (Å²) in [4.78, 5) is 19.9. The molecule has 4 N–H and O–H groups in total. The second kappa shape index (κ2) is 10.1. The van der Waals surface area contributed by atoms with Crippen molar-refractivity contribution in [2.45, 2.75) is 32.7 Å². The summed E-state index contributed by atoms with van der Waals surface area (Å²) in [6, 6.07) is -0.667. The molecular formula is C9H20N2O3. The zero-order valence-electron chi connectivity index (χ0n) is 9.04. The van der Waals surface area contributed by atoms with Crippen molar-refractivity contribution in [3.63, 3.8) is 0 Å². The maximum Gasteiger partial charge on any atom is 0.320 e. The summed E-state index contributed by atoms with van der Waals surface area (Å²) in [6.07, 6.45) is 1.39. The van der Waals surface area contributed by atoms with E-state index in [2.05, 4.69) is 5.32 Å². The molecule has 0 aliphatic carbocycles. The van der Waals surface area contributed by atoms with Crippen LogP contribution < -0.4 is 11.1 Å². The van der Waals surface area contributed by atoms with Gasteiger partial charge in [0.2, 0.25) is 0 Å². The molecule has 0 amide bonds. The molecule has 0 saturated carbocycles. The summed E-state index contributed by atoms with van der Waals surface area (Å²) in [5.74, 6) is -0.732. The van der Waals surface area contributed by atoms with Crippen LogP contribution in [0.3, 0.4) is 0 Å². The van der Waals surface area contributed by atoms with Crippen LogP contribution in [0, 0.1) is 0 Å². The van der Waals surface area contributed by atoms with Gasteiger partial charge in [-0.25, -0.2) is 0 Å². The highest BCUT2D eigenvalue weighted by molar-refractivity contribution is 5.77. The predicted octanol–water partition coefficient (Wildman–Crippen LogP) is -0.00680. The summed E-state index contributed by atoms with van der Waals surface area (Å²) < 4.78 is 0. The van der Waals surface area contributed by atoms with Gasteiger partial charge in [0.25, 0.3) is 0 Å². The number of carboxylic acid groups (broad SMARTS) is 1. The van der Waals surface area contributed by atoms with E-state index in [9.17, 15) is 9.59 Å². The number of likely N-dealkylation sites (N-methyl/N-ethyl adjacent to an activating group) is 1. The quantitative estimate of drug-likeness (QED) is 0.586. The first kappa shape index (κ1) is 15.5. The van der Waals surface area contributed by atoms with E-state index in [-0.39, 0.29) is 5.78 Å². The number of rotatable bonds is 5. The van der Waals surface area contributed by atoms with E-state index in [1.165, 1.54) is 0 Å². The molecule has 0 spiro atoms. The number of carboxylic acids is 1. The fourth-order valence-electron chi connectivity index (χ4n) is 0.683. The van der Waals surface area contributed by atoms with Crippen molar-refractivity contribution < 1.29 is 14.7 Å². The Bertz CT molecular complexity index is 171. The molecule has 1 atom stereocenters. The minimum absolute atomic E-state index is 0.178. The minimum atomic E-state index is -0.910. The predicted molar refractivity (Wildman–Crippen MR) is 55.1 cm³/mol. The minimum Gasteiger partial charge on any atom is -0.480 e. The summed E-state index contributed by atoms with van der Waals surface area (Å²) in [5.41, 5.74) is 5.13. The van der Waals surface area contributed by atoms with Gasteiger partial charge >= 0.3 is 5.97 Å². The molecule has 0 aliphatic heterocycles. The van der Waals surface area contributed by atoms with Gasteiger partial charge in [-0.15, -0.1) is 0 Å². The third kappa shape index (κ3) is 13.6. The lowest BCUT2D eigenvalue weighted by Crippen LogP contribution is -2.29. The summed E-state index contributed by atoms with van der Waals surface area (Å²) in [7, 11) is 1.75. The number of nitrogens with two attached hydrogens (primary N) is 1. The fourth-order valence-corrected chi connectivity index (χ4v) is 0.683. The van der Waals surface area contributed by atoms with Crippen LogP contribution in [-0.4, -0.2) is 36.5 Å². The maximum atomic E-state index is 9.98. The SMILES string of the molecule is CCCC(N)C(=O)O.CNCC(C)=O. The van der Waals surface area contributed by atoms with Gasteiger partial charge in [0.1, 0.15) is 11.8 Å². The van der Waals surface area contributed by atoms with Crippen LogP contribution in [0.1, 0.15) is 26.7 Å². The zero-order valence-corrected chi connectivity index (χ0v) is 9.04. The number of hydrogen-bond donors (Lipinski definition) is 3. The topological polar surface area (TPSA) is 92.4 Å². The van der Waals surface area contributed by atoms with Crippen LogP contribution in [0.2, 0.25) is 0 Å². The number of carbonyl (C=O) groups is 2. The third-order valence-electron chi connectivity index (χ3n) is 1.34. The van der Waals surface area contributed by atoms with Crippen molar-refractivity contribution in [3.8, 4) is 0 Å². The van der Waals surface area contributed by atoms with Crippen LogP contribution in [0.4, 0.5) is 0 Å². The van der Waals surface area contributed by atoms with Gasteiger partial charge in [-0.2, -0.15) is 0 Å². The van der Waals surface area contributed by atoms with Gasteiger partial charge in [-0.1, -0.05) is 13.3 Å². The fraction of sp³-hybridized carbons (Fsp3) is 0.778. The van der Waals surface area contributed by atoms with E-state index in [0.29, 0.717) is 13.0 Å². The van der Waals surface area contributed by atoms with E-state index >= 15 is 0 Å². The number of nitrogens with one attached hydrogen (secondary N) is 1. The van der Waals surface area contributed by atoms with Gasteiger partial charge in [0.05, 0.1) is 6.54 Å². The molecule has 14 heavy (non-hydrogen) atoms. The molecular weight excluding hydrogens is 184 g/mol. The largest absolute Gasteiger partial charge is 0.480 e. The molecule has 0 radical (unpaired) electrons. The molecule has 0 saturated heterocycles. The van der Waals surface area contributed by atoms with Gasteiger partial charge in [-0.05, 0) is 20.4 Å². The zero-order chi connectivity index (χ0) is 11.6. The molecule has 5 heteroatoms. The molecule has 0 aromatic heterocycles. The smallest absolute Gasteiger partial charge is 0.320 e. The number of aliphatic carboxylic acids is 1. The first-order chi connectivity index (χ1) is 6.45. The number of Topliss-reactive ketones (excluding diaryl/α,β-unsaturated/α-hetero) is 1. The highest BCUT2D eigenvalue weighted by atomic mass is 16.4. The monoisotopic (exact) mass is 204 g/mol. The lowest BCUT2D eigenvalue weighted by molar-refractivity contribution is -0.138. The highest BCUT2D eigenvalue weighted by Crippen LogP contribution is 1.91. The average Bonchev–Trinajstić information content (AvgIpc) is 2.05. The Balaban J connectivity index is 0. The van der Waals surface area contributed by atoms with Gasteiger partial charge in [0, 0.05) is 0 Å². The van der Waals surface area contributed by atoms with Gasteiger partial charge < -0.3 is 16.2 Å². The second-order valence-corrected chi connectivity index (χ2v) is 2.97. The number of ketones is 1. The lowest BCUT2D eigenvalue weighted by atomic mass is 10.2. The van der Waals surface area contributed by atoms with E-state index in [1.807, 2.05) is 6.92 Å². The molecule has 84 valence electrons. The molecule has 0 fully saturated rings. The van der Waals surface area contributed by atoms with Crippen LogP contribution in [-0.2, 0) is 9.59 Å². The first-order valence-electron chi connectivity index (χ1n) is 4.58. The van der Waals surface area contributed by atoms with Gasteiger partial charge in [0.15, 0.2) is 0 Å². The van der Waals surface area contributed by atoms with Gasteiger partial charge in [-0.3, -0.25) is 9.59 Å². The Morgan fingerprint density at radius 3 is 2.07 bits per heavy atom. The standard InChI is InChI=1S/C5H11NO2.C4H9NO/c1-2-3-4(6)5(7)8;1-4(6)3-5-2/h4H,2-3,6H2,1H3,(H,7,8);5H,3H2,1-2H3. The molecule has 0 bridgehead atoms.